The van der Waals surface area contributed by atoms with E-state index in [1.54, 1.807) is 5.57 Å². The molecule has 13 heavy (non-hydrogen) atoms. The number of allylic oxidation sites excluding steroid dienone is 3. The van der Waals surface area contributed by atoms with E-state index in [1.165, 1.54) is 17.6 Å². The van der Waals surface area contributed by atoms with E-state index in [4.69, 9.17) is 0 Å². The largest absolute Gasteiger partial charge is 0.0984 e. The Kier molecular flexibility index (Phi) is 2.05. The normalized spacial score (nSPS) is 23.9. The van der Waals surface area contributed by atoms with E-state index in [0.717, 1.165) is 5.92 Å². The zero-order valence-electron chi connectivity index (χ0n) is 7.96. The minimum Gasteiger partial charge on any atom is -0.0984 e. The lowest BCUT2D eigenvalue weighted by Crippen LogP contribution is -1.79. The first kappa shape index (κ1) is 8.31. The Bertz CT molecular complexity index is 344. The van der Waals surface area contributed by atoms with Crippen LogP contribution in [0.25, 0.3) is 5.57 Å². The van der Waals surface area contributed by atoms with Crippen molar-refractivity contribution in [3.63, 3.8) is 0 Å². The Hall–Kier alpha value is -1.30. The van der Waals surface area contributed by atoms with E-state index in [9.17, 15) is 0 Å². The molecule has 0 radical (unpaired) electrons. The first-order valence-corrected chi connectivity index (χ1v) is 4.74. The monoisotopic (exact) mass is 170 g/mol. The molecule has 0 aromatic heterocycles. The van der Waals surface area contributed by atoms with Crippen LogP contribution in [-0.4, -0.2) is 0 Å². The van der Waals surface area contributed by atoms with E-state index < -0.39 is 0 Å². The minimum absolute atomic E-state index is 0.771. The van der Waals surface area contributed by atoms with Gasteiger partial charge < -0.3 is 0 Å². The number of hydrogen-bond donors (Lipinski definition) is 0. The summed E-state index contributed by atoms with van der Waals surface area (Å²) in [5.74, 6) is 0.771. The van der Waals surface area contributed by atoms with Gasteiger partial charge in [0.15, 0.2) is 0 Å². The lowest BCUT2D eigenvalue weighted by atomic mass is 10.0. The van der Waals surface area contributed by atoms with Gasteiger partial charge in [-0.2, -0.15) is 0 Å². The summed E-state index contributed by atoms with van der Waals surface area (Å²) >= 11 is 0. The molecule has 1 fully saturated rings. The fourth-order valence-electron chi connectivity index (χ4n) is 1.70. The van der Waals surface area contributed by atoms with Gasteiger partial charge in [-0.25, -0.2) is 0 Å². The van der Waals surface area contributed by atoms with E-state index in [1.807, 2.05) is 12.1 Å². The molecule has 0 aliphatic heterocycles. The summed E-state index contributed by atoms with van der Waals surface area (Å²) in [6.07, 6.45) is 3.23. The summed E-state index contributed by atoms with van der Waals surface area (Å²) in [6, 6.07) is 10.5. The van der Waals surface area contributed by atoms with Gasteiger partial charge in [0.05, 0.1) is 0 Å². The van der Waals surface area contributed by atoms with Crippen molar-refractivity contribution in [3.8, 4) is 0 Å². The van der Waals surface area contributed by atoms with Crippen molar-refractivity contribution in [2.24, 2.45) is 5.92 Å². The lowest BCUT2D eigenvalue weighted by Gasteiger charge is -2.00. The topological polar surface area (TPSA) is 0 Å². The predicted molar refractivity (Wildman–Crippen MR) is 57.3 cm³/mol. The van der Waals surface area contributed by atoms with Gasteiger partial charge in [-0.05, 0) is 23.5 Å². The van der Waals surface area contributed by atoms with Crippen molar-refractivity contribution in [1.29, 1.82) is 0 Å². The second-order valence-electron chi connectivity index (χ2n) is 3.61. The van der Waals surface area contributed by atoms with E-state index in [2.05, 4.69) is 37.8 Å². The molecule has 0 heterocycles. The first-order valence-electron chi connectivity index (χ1n) is 4.74. The smallest absolute Gasteiger partial charge is 0.0185 e. The molecule has 0 nitrogen and oxygen atoms in total. The molecule has 66 valence electrons. The van der Waals surface area contributed by atoms with Crippen LogP contribution in [0.15, 0.2) is 48.6 Å². The SMILES string of the molecule is C=CC(=C1CC1C)c1ccccc1. The summed E-state index contributed by atoms with van der Waals surface area (Å²) in [5, 5.41) is 0. The average Bonchev–Trinajstić information content (AvgIpc) is 2.86. The van der Waals surface area contributed by atoms with Crippen LogP contribution in [0.1, 0.15) is 18.9 Å². The van der Waals surface area contributed by atoms with Crippen molar-refractivity contribution in [2.45, 2.75) is 13.3 Å². The van der Waals surface area contributed by atoms with Gasteiger partial charge in [-0.3, -0.25) is 0 Å². The fourth-order valence-corrected chi connectivity index (χ4v) is 1.70. The Morgan fingerprint density at radius 1 is 1.38 bits per heavy atom. The Labute approximate surface area is 79.6 Å². The molecule has 0 amide bonds. The standard InChI is InChI=1S/C13H14/c1-3-12(13-9-10(13)2)11-7-5-4-6-8-11/h3-8,10H,1,9H2,2H3. The van der Waals surface area contributed by atoms with Gasteiger partial charge >= 0.3 is 0 Å². The average molecular weight is 170 g/mol. The second kappa shape index (κ2) is 3.21. The lowest BCUT2D eigenvalue weighted by molar-refractivity contribution is 1.02. The molecule has 1 aromatic rings. The molecule has 1 aromatic carbocycles. The van der Waals surface area contributed by atoms with Crippen LogP contribution >= 0.6 is 0 Å². The van der Waals surface area contributed by atoms with Gasteiger partial charge in [0.2, 0.25) is 0 Å². The summed E-state index contributed by atoms with van der Waals surface area (Å²) in [6.45, 7) is 6.14. The van der Waals surface area contributed by atoms with Crippen LogP contribution in [0.2, 0.25) is 0 Å². The zero-order valence-corrected chi connectivity index (χ0v) is 7.96. The maximum absolute atomic E-state index is 3.88. The highest BCUT2D eigenvalue weighted by atomic mass is 14.3. The van der Waals surface area contributed by atoms with Crippen LogP contribution in [0.4, 0.5) is 0 Å². The van der Waals surface area contributed by atoms with E-state index in [0.29, 0.717) is 0 Å². The molecule has 0 saturated heterocycles. The Morgan fingerprint density at radius 3 is 2.46 bits per heavy atom. The Morgan fingerprint density at radius 2 is 2.00 bits per heavy atom. The van der Waals surface area contributed by atoms with Crippen molar-refractivity contribution in [2.75, 3.05) is 0 Å². The molecule has 1 saturated carbocycles. The van der Waals surface area contributed by atoms with E-state index in [-0.39, 0.29) is 0 Å². The number of hydrogen-bond acceptors (Lipinski definition) is 0. The van der Waals surface area contributed by atoms with Gasteiger partial charge in [-0.1, -0.05) is 55.5 Å². The van der Waals surface area contributed by atoms with Gasteiger partial charge in [0, 0.05) is 0 Å². The maximum atomic E-state index is 3.88. The first-order chi connectivity index (χ1) is 6.33. The molecule has 2 rings (SSSR count). The summed E-state index contributed by atoms with van der Waals surface area (Å²) < 4.78 is 0. The van der Waals surface area contributed by atoms with Crippen LogP contribution in [-0.2, 0) is 0 Å². The highest BCUT2D eigenvalue weighted by molar-refractivity contribution is 5.79. The predicted octanol–water partition coefficient (Wildman–Crippen LogP) is 3.67. The molecule has 0 spiro atoms. The van der Waals surface area contributed by atoms with Gasteiger partial charge in [-0.15, -0.1) is 0 Å². The molecule has 1 atom stereocenters. The van der Waals surface area contributed by atoms with Crippen molar-refractivity contribution in [3.05, 3.63) is 54.1 Å². The summed E-state index contributed by atoms with van der Waals surface area (Å²) in [5.41, 5.74) is 4.20. The summed E-state index contributed by atoms with van der Waals surface area (Å²) in [4.78, 5) is 0. The van der Waals surface area contributed by atoms with Crippen molar-refractivity contribution in [1.82, 2.24) is 0 Å². The van der Waals surface area contributed by atoms with Gasteiger partial charge in [0.1, 0.15) is 0 Å². The van der Waals surface area contributed by atoms with E-state index >= 15 is 0 Å². The third kappa shape index (κ3) is 1.57. The molecule has 1 aliphatic carbocycles. The number of benzene rings is 1. The Balaban J connectivity index is 2.40. The minimum atomic E-state index is 0.771. The highest BCUT2D eigenvalue weighted by Gasteiger charge is 2.27. The quantitative estimate of drug-likeness (QED) is 0.635. The third-order valence-electron chi connectivity index (χ3n) is 2.60. The van der Waals surface area contributed by atoms with Crippen LogP contribution in [0.5, 0.6) is 0 Å². The molecule has 0 heteroatoms. The molecule has 0 N–H and O–H groups in total. The summed E-state index contributed by atoms with van der Waals surface area (Å²) in [7, 11) is 0. The number of rotatable bonds is 2. The zero-order chi connectivity index (χ0) is 9.26. The molecule has 0 bridgehead atoms. The second-order valence-corrected chi connectivity index (χ2v) is 3.61. The fraction of sp³-hybridized carbons (Fsp3) is 0.231. The molecular formula is C13H14. The van der Waals surface area contributed by atoms with Crippen molar-refractivity contribution >= 4 is 5.57 Å². The molecular weight excluding hydrogens is 156 g/mol. The van der Waals surface area contributed by atoms with Crippen LogP contribution < -0.4 is 0 Å². The maximum Gasteiger partial charge on any atom is -0.0185 e. The van der Waals surface area contributed by atoms with Crippen LogP contribution in [0, 0.1) is 5.92 Å². The molecule has 1 unspecified atom stereocenters. The highest BCUT2D eigenvalue weighted by Crippen LogP contribution is 2.43. The van der Waals surface area contributed by atoms with Crippen LogP contribution in [0.3, 0.4) is 0 Å². The third-order valence-corrected chi connectivity index (χ3v) is 2.60. The molecule has 1 aliphatic rings. The van der Waals surface area contributed by atoms with Crippen molar-refractivity contribution < 1.29 is 0 Å². The van der Waals surface area contributed by atoms with Gasteiger partial charge in [0.25, 0.3) is 0 Å².